The molecule has 1 unspecified atom stereocenters. The number of benzene rings is 2. The maximum Gasteiger partial charge on any atom is 0.246 e. The van der Waals surface area contributed by atoms with Crippen molar-refractivity contribution in [2.24, 2.45) is 0 Å². The van der Waals surface area contributed by atoms with Gasteiger partial charge in [-0.2, -0.15) is 0 Å². The van der Waals surface area contributed by atoms with Crippen molar-refractivity contribution >= 4 is 17.9 Å². The molecule has 1 atom stereocenters. The fourth-order valence-corrected chi connectivity index (χ4v) is 3.62. The minimum absolute atomic E-state index is 0.0194. The van der Waals surface area contributed by atoms with Crippen molar-refractivity contribution in [3.8, 4) is 0 Å². The fourth-order valence-electron chi connectivity index (χ4n) is 3.62. The summed E-state index contributed by atoms with van der Waals surface area (Å²) >= 11 is 0. The second-order valence-electron chi connectivity index (χ2n) is 7.60. The molecule has 1 aliphatic rings. The Morgan fingerprint density at radius 3 is 2.37 bits per heavy atom. The van der Waals surface area contributed by atoms with Crippen LogP contribution in [0.25, 0.3) is 6.08 Å². The van der Waals surface area contributed by atoms with Gasteiger partial charge < -0.3 is 15.5 Å². The van der Waals surface area contributed by atoms with E-state index in [0.717, 1.165) is 36.9 Å². The lowest BCUT2D eigenvalue weighted by molar-refractivity contribution is -0.126. The largest absolute Gasteiger partial charge is 0.356 e. The summed E-state index contributed by atoms with van der Waals surface area (Å²) in [6.45, 7) is 2.80. The molecule has 1 aliphatic heterocycles. The molecule has 2 aromatic rings. The van der Waals surface area contributed by atoms with E-state index in [2.05, 4.69) is 10.6 Å². The molecule has 3 rings (SSSR count). The van der Waals surface area contributed by atoms with Crippen LogP contribution >= 0.6 is 0 Å². The van der Waals surface area contributed by atoms with Crippen molar-refractivity contribution in [1.29, 1.82) is 0 Å². The van der Waals surface area contributed by atoms with Crippen LogP contribution in [0, 0.1) is 0 Å². The molecule has 0 bridgehead atoms. The van der Waals surface area contributed by atoms with Crippen molar-refractivity contribution in [1.82, 2.24) is 15.5 Å². The summed E-state index contributed by atoms with van der Waals surface area (Å²) in [6.07, 6.45) is 6.53. The molecule has 1 heterocycles. The van der Waals surface area contributed by atoms with E-state index in [1.165, 1.54) is 0 Å². The number of hydrogen-bond donors (Lipinski definition) is 2. The van der Waals surface area contributed by atoms with E-state index in [-0.39, 0.29) is 17.9 Å². The molecule has 2 aromatic carbocycles. The Kier molecular flexibility index (Phi) is 8.66. The zero-order valence-corrected chi connectivity index (χ0v) is 17.4. The second-order valence-corrected chi connectivity index (χ2v) is 7.60. The summed E-state index contributed by atoms with van der Waals surface area (Å²) in [5.41, 5.74) is 2.13. The molecular formula is C25H31N3O2. The third-order valence-corrected chi connectivity index (χ3v) is 5.29. The summed E-state index contributed by atoms with van der Waals surface area (Å²) in [6, 6.07) is 19.9. The van der Waals surface area contributed by atoms with Crippen LogP contribution < -0.4 is 10.6 Å². The van der Waals surface area contributed by atoms with E-state index in [1.807, 2.05) is 71.6 Å². The van der Waals surface area contributed by atoms with E-state index in [9.17, 15) is 9.59 Å². The quantitative estimate of drug-likeness (QED) is 0.768. The number of carbonyl (C=O) groups is 2. The lowest BCUT2D eigenvalue weighted by atomic mass is 10.0. The standard InChI is InChI=1S/C25H31N3O2/c29-24-20-23(22-12-5-2-6-13-22)26-17-9-19-28(18-8-7-16-27-24)25(30)15-14-21-10-3-1-4-11-21/h1-6,10-15,23,26H,7-9,16-20H2,(H,27,29). The Labute approximate surface area is 179 Å². The van der Waals surface area contributed by atoms with Crippen LogP contribution in [0.3, 0.4) is 0 Å². The van der Waals surface area contributed by atoms with Gasteiger partial charge in [0, 0.05) is 38.2 Å². The van der Waals surface area contributed by atoms with Gasteiger partial charge in [0.05, 0.1) is 0 Å². The zero-order valence-electron chi connectivity index (χ0n) is 17.4. The third kappa shape index (κ3) is 7.16. The Morgan fingerprint density at radius 2 is 1.60 bits per heavy atom. The maximum absolute atomic E-state index is 12.7. The molecule has 2 amide bonds. The number of amides is 2. The van der Waals surface area contributed by atoms with Gasteiger partial charge in [-0.15, -0.1) is 0 Å². The highest BCUT2D eigenvalue weighted by molar-refractivity contribution is 5.91. The van der Waals surface area contributed by atoms with E-state index < -0.39 is 0 Å². The highest BCUT2D eigenvalue weighted by Gasteiger charge is 2.17. The summed E-state index contributed by atoms with van der Waals surface area (Å²) in [5, 5.41) is 6.52. The number of hydrogen-bond acceptors (Lipinski definition) is 3. The summed E-state index contributed by atoms with van der Waals surface area (Å²) in [7, 11) is 0. The van der Waals surface area contributed by atoms with Crippen molar-refractivity contribution in [2.45, 2.75) is 31.7 Å². The van der Waals surface area contributed by atoms with E-state index in [1.54, 1.807) is 6.08 Å². The first-order chi connectivity index (χ1) is 14.7. The molecule has 158 valence electrons. The molecule has 0 aromatic heterocycles. The van der Waals surface area contributed by atoms with Gasteiger partial charge in [-0.05, 0) is 43.0 Å². The van der Waals surface area contributed by atoms with E-state index in [0.29, 0.717) is 26.1 Å². The van der Waals surface area contributed by atoms with Crippen LogP contribution in [-0.4, -0.2) is 42.9 Å². The molecule has 0 spiro atoms. The normalized spacial score (nSPS) is 19.4. The number of carbonyl (C=O) groups excluding carboxylic acids is 2. The smallest absolute Gasteiger partial charge is 0.246 e. The first-order valence-corrected chi connectivity index (χ1v) is 10.8. The monoisotopic (exact) mass is 405 g/mol. The van der Waals surface area contributed by atoms with Crippen LogP contribution in [0.4, 0.5) is 0 Å². The lowest BCUT2D eigenvalue weighted by Gasteiger charge is -2.22. The highest BCUT2D eigenvalue weighted by Crippen LogP contribution is 2.17. The number of rotatable bonds is 3. The lowest BCUT2D eigenvalue weighted by Crippen LogP contribution is -2.34. The molecule has 0 radical (unpaired) electrons. The Hall–Kier alpha value is -2.92. The Morgan fingerprint density at radius 1 is 0.900 bits per heavy atom. The summed E-state index contributed by atoms with van der Waals surface area (Å²) in [4.78, 5) is 27.0. The van der Waals surface area contributed by atoms with Gasteiger partial charge >= 0.3 is 0 Å². The first kappa shape index (κ1) is 21.8. The van der Waals surface area contributed by atoms with Crippen LogP contribution in [0.1, 0.15) is 42.9 Å². The van der Waals surface area contributed by atoms with E-state index >= 15 is 0 Å². The first-order valence-electron chi connectivity index (χ1n) is 10.8. The Bertz CT molecular complexity index is 821. The van der Waals surface area contributed by atoms with Crippen molar-refractivity contribution in [2.75, 3.05) is 26.2 Å². The maximum atomic E-state index is 12.7. The third-order valence-electron chi connectivity index (χ3n) is 5.29. The van der Waals surface area contributed by atoms with Crippen molar-refractivity contribution in [3.05, 3.63) is 77.9 Å². The number of nitrogens with zero attached hydrogens (tertiary/aromatic N) is 1. The van der Waals surface area contributed by atoms with Crippen molar-refractivity contribution in [3.63, 3.8) is 0 Å². The number of nitrogens with one attached hydrogen (secondary N) is 2. The predicted molar refractivity (Wildman–Crippen MR) is 121 cm³/mol. The van der Waals surface area contributed by atoms with Crippen LogP contribution in [0.15, 0.2) is 66.7 Å². The average Bonchev–Trinajstić information content (AvgIpc) is 2.80. The highest BCUT2D eigenvalue weighted by atomic mass is 16.2. The van der Waals surface area contributed by atoms with Gasteiger partial charge in [-0.25, -0.2) is 0 Å². The van der Waals surface area contributed by atoms with E-state index in [4.69, 9.17) is 0 Å². The molecule has 0 aliphatic carbocycles. The molecule has 5 heteroatoms. The SMILES string of the molecule is O=C1CC(c2ccccc2)NCCCN(C(=O)C=Cc2ccccc2)CCCCN1. The molecule has 30 heavy (non-hydrogen) atoms. The minimum Gasteiger partial charge on any atom is -0.356 e. The predicted octanol–water partition coefficient (Wildman–Crippen LogP) is 3.55. The van der Waals surface area contributed by atoms with Crippen LogP contribution in [0.2, 0.25) is 0 Å². The summed E-state index contributed by atoms with van der Waals surface area (Å²) < 4.78 is 0. The molecule has 5 nitrogen and oxygen atoms in total. The fraction of sp³-hybridized carbons (Fsp3) is 0.360. The second kappa shape index (κ2) is 11.9. The van der Waals surface area contributed by atoms with Gasteiger partial charge in [0.2, 0.25) is 11.8 Å². The summed E-state index contributed by atoms with van der Waals surface area (Å²) in [5.74, 6) is 0.103. The zero-order chi connectivity index (χ0) is 21.0. The molecule has 2 N–H and O–H groups in total. The van der Waals surface area contributed by atoms with Gasteiger partial charge in [-0.3, -0.25) is 9.59 Å². The molecular weight excluding hydrogens is 374 g/mol. The van der Waals surface area contributed by atoms with Crippen LogP contribution in [-0.2, 0) is 9.59 Å². The average molecular weight is 406 g/mol. The van der Waals surface area contributed by atoms with Gasteiger partial charge in [0.25, 0.3) is 0 Å². The molecule has 1 saturated heterocycles. The molecule has 0 saturated carbocycles. The molecule has 1 fully saturated rings. The van der Waals surface area contributed by atoms with Gasteiger partial charge in [-0.1, -0.05) is 60.7 Å². The van der Waals surface area contributed by atoms with Gasteiger partial charge in [0.15, 0.2) is 0 Å². The minimum atomic E-state index is -0.0194. The van der Waals surface area contributed by atoms with Gasteiger partial charge in [0.1, 0.15) is 0 Å². The van der Waals surface area contributed by atoms with Crippen molar-refractivity contribution < 1.29 is 9.59 Å². The Balaban J connectivity index is 1.61. The topological polar surface area (TPSA) is 61.4 Å². The van der Waals surface area contributed by atoms with Crippen LogP contribution in [0.5, 0.6) is 0 Å².